The van der Waals surface area contributed by atoms with E-state index in [0.717, 1.165) is 45.3 Å². The molecule has 1 fully saturated rings. The first-order valence-corrected chi connectivity index (χ1v) is 12.9. The maximum absolute atomic E-state index is 13.4. The van der Waals surface area contributed by atoms with Crippen LogP contribution in [0.4, 0.5) is 0 Å². The van der Waals surface area contributed by atoms with Crippen LogP contribution in [0.15, 0.2) is 66.2 Å². The van der Waals surface area contributed by atoms with Gasteiger partial charge in [-0.15, -0.1) is 0 Å². The number of hydrogen-bond donors (Lipinski definition) is 1. The summed E-state index contributed by atoms with van der Waals surface area (Å²) in [5, 5.41) is 0. The second-order valence-electron chi connectivity index (χ2n) is 10.1. The molecule has 3 heterocycles. The van der Waals surface area contributed by atoms with Crippen molar-refractivity contribution in [3.05, 3.63) is 82.9 Å². The van der Waals surface area contributed by atoms with Gasteiger partial charge in [-0.25, -0.2) is 0 Å². The summed E-state index contributed by atoms with van der Waals surface area (Å²) in [7, 11) is 0. The highest BCUT2D eigenvalue weighted by atomic mass is 16.2. The molecule has 184 valence electrons. The molecule has 0 unspecified atom stereocenters. The van der Waals surface area contributed by atoms with Crippen molar-refractivity contribution >= 4 is 11.8 Å². The predicted octanol–water partition coefficient (Wildman–Crippen LogP) is 3.11. The molecule has 35 heavy (non-hydrogen) atoms. The quantitative estimate of drug-likeness (QED) is 0.656. The molecule has 3 aliphatic heterocycles. The Morgan fingerprint density at radius 1 is 0.943 bits per heavy atom. The van der Waals surface area contributed by atoms with Crippen LogP contribution in [-0.4, -0.2) is 64.8 Å². The number of nitrogens with zero attached hydrogens (tertiary/aromatic N) is 3. The average Bonchev–Trinajstić information content (AvgIpc) is 3.39. The zero-order chi connectivity index (χ0) is 24.2. The van der Waals surface area contributed by atoms with E-state index in [4.69, 9.17) is 5.73 Å². The number of amides is 2. The van der Waals surface area contributed by atoms with Crippen molar-refractivity contribution in [2.75, 3.05) is 26.2 Å². The minimum absolute atomic E-state index is 0.0750. The van der Waals surface area contributed by atoms with Crippen molar-refractivity contribution in [2.45, 2.75) is 57.3 Å². The van der Waals surface area contributed by atoms with E-state index < -0.39 is 6.04 Å². The Bertz CT molecular complexity index is 1080. The number of carbonyl (C=O) groups is 2. The third-order valence-electron chi connectivity index (χ3n) is 7.70. The third-order valence-corrected chi connectivity index (χ3v) is 7.70. The Hall–Kier alpha value is -2.96. The Morgan fingerprint density at radius 2 is 1.71 bits per heavy atom. The van der Waals surface area contributed by atoms with Gasteiger partial charge in [-0.2, -0.15) is 0 Å². The molecule has 5 rings (SSSR count). The summed E-state index contributed by atoms with van der Waals surface area (Å²) in [4.78, 5) is 32.8. The minimum Gasteiger partial charge on any atom is -0.336 e. The lowest BCUT2D eigenvalue weighted by molar-refractivity contribution is -0.145. The van der Waals surface area contributed by atoms with Gasteiger partial charge < -0.3 is 15.5 Å². The summed E-state index contributed by atoms with van der Waals surface area (Å²) in [6, 6.07) is 17.9. The minimum atomic E-state index is -0.586. The predicted molar refractivity (Wildman–Crippen MR) is 137 cm³/mol. The summed E-state index contributed by atoms with van der Waals surface area (Å²) < 4.78 is 0. The number of hydrogen-bond acceptors (Lipinski definition) is 4. The molecule has 2 aromatic carbocycles. The van der Waals surface area contributed by atoms with E-state index in [-0.39, 0.29) is 17.9 Å². The van der Waals surface area contributed by atoms with E-state index in [1.165, 1.54) is 22.3 Å². The van der Waals surface area contributed by atoms with E-state index in [2.05, 4.69) is 53.4 Å². The summed E-state index contributed by atoms with van der Waals surface area (Å²) in [6.07, 6.45) is 6.20. The maximum atomic E-state index is 13.4. The summed E-state index contributed by atoms with van der Waals surface area (Å²) in [5.41, 5.74) is 11.5. The van der Waals surface area contributed by atoms with Gasteiger partial charge in [0.2, 0.25) is 11.8 Å². The van der Waals surface area contributed by atoms with Crippen LogP contribution >= 0.6 is 0 Å². The molecule has 0 aromatic heterocycles. The van der Waals surface area contributed by atoms with E-state index >= 15 is 0 Å². The van der Waals surface area contributed by atoms with Gasteiger partial charge in [0.25, 0.3) is 0 Å². The van der Waals surface area contributed by atoms with Gasteiger partial charge in [-0.1, -0.05) is 66.2 Å². The molecule has 0 saturated carbocycles. The maximum Gasteiger partial charge on any atom is 0.245 e. The van der Waals surface area contributed by atoms with Gasteiger partial charge >= 0.3 is 0 Å². The van der Waals surface area contributed by atoms with Gasteiger partial charge in [-0.3, -0.25) is 14.5 Å². The molecule has 2 amide bonds. The normalized spacial score (nSPS) is 21.4. The lowest BCUT2D eigenvalue weighted by Gasteiger charge is -2.34. The van der Waals surface area contributed by atoms with Crippen molar-refractivity contribution in [3.63, 3.8) is 0 Å². The van der Waals surface area contributed by atoms with Gasteiger partial charge in [0.1, 0.15) is 6.04 Å². The van der Waals surface area contributed by atoms with E-state index in [1.54, 1.807) is 4.90 Å². The van der Waals surface area contributed by atoms with Crippen LogP contribution in [0.3, 0.4) is 0 Å². The Balaban J connectivity index is 1.15. The smallest absolute Gasteiger partial charge is 0.245 e. The highest BCUT2D eigenvalue weighted by molar-refractivity contribution is 5.90. The molecule has 0 bridgehead atoms. The topological polar surface area (TPSA) is 69.9 Å². The second kappa shape index (κ2) is 10.8. The van der Waals surface area contributed by atoms with Crippen molar-refractivity contribution in [2.24, 2.45) is 5.73 Å². The third kappa shape index (κ3) is 5.49. The molecule has 0 spiro atoms. The number of carbonyl (C=O) groups excluding carboxylic acids is 2. The first-order valence-electron chi connectivity index (χ1n) is 12.9. The fourth-order valence-electron chi connectivity index (χ4n) is 5.69. The molecule has 0 aliphatic carbocycles. The highest BCUT2D eigenvalue weighted by Gasteiger charge is 2.39. The Labute approximate surface area is 208 Å². The van der Waals surface area contributed by atoms with Crippen LogP contribution in [-0.2, 0) is 29.1 Å². The summed E-state index contributed by atoms with van der Waals surface area (Å²) in [6.45, 7) is 4.76. The number of fused-ring (bicyclic) bond motifs is 1. The monoisotopic (exact) mass is 472 g/mol. The van der Waals surface area contributed by atoms with Gasteiger partial charge in [0, 0.05) is 39.3 Å². The largest absolute Gasteiger partial charge is 0.336 e. The first kappa shape index (κ1) is 23.8. The second-order valence-corrected chi connectivity index (χ2v) is 10.1. The zero-order valence-corrected chi connectivity index (χ0v) is 20.4. The fraction of sp³-hybridized carbons (Fsp3) is 0.448. The van der Waals surface area contributed by atoms with Crippen LogP contribution in [0.5, 0.6) is 0 Å². The lowest BCUT2D eigenvalue weighted by atomic mass is 9.98. The molecule has 3 aliphatic rings. The lowest BCUT2D eigenvalue weighted by Crippen LogP contribution is -2.53. The van der Waals surface area contributed by atoms with Crippen LogP contribution in [0.1, 0.15) is 42.4 Å². The van der Waals surface area contributed by atoms with Gasteiger partial charge in [0.05, 0.1) is 6.04 Å². The van der Waals surface area contributed by atoms with Gasteiger partial charge in [-0.05, 0) is 48.8 Å². The van der Waals surface area contributed by atoms with Gasteiger partial charge in [0.15, 0.2) is 0 Å². The molecule has 0 radical (unpaired) electrons. The Kier molecular flexibility index (Phi) is 7.30. The summed E-state index contributed by atoms with van der Waals surface area (Å²) >= 11 is 0. The average molecular weight is 473 g/mol. The fourth-order valence-corrected chi connectivity index (χ4v) is 5.69. The standard InChI is InChI=1S/C29H36N4O2/c30-26(19-22-12-16-31(17-13-22)20-23-7-2-1-3-8-23)28(34)33-15-6-11-27(33)29(35)32-18-14-24-9-4-5-10-25(24)21-32/h1-5,7-10,12,26-27H,6,11,13-21,30H2/t26-,27-/m0/s1. The number of likely N-dealkylation sites (tertiary alicyclic amines) is 1. The molecule has 2 aromatic rings. The first-order chi connectivity index (χ1) is 17.1. The molecule has 6 heteroatoms. The summed E-state index contributed by atoms with van der Waals surface area (Å²) in [5.74, 6) is -0.00290. The van der Waals surface area contributed by atoms with E-state index in [9.17, 15) is 9.59 Å². The van der Waals surface area contributed by atoms with Crippen LogP contribution in [0.25, 0.3) is 0 Å². The van der Waals surface area contributed by atoms with Crippen LogP contribution in [0.2, 0.25) is 0 Å². The molecule has 6 nitrogen and oxygen atoms in total. The molecular weight excluding hydrogens is 436 g/mol. The SMILES string of the molecule is N[C@@H](CC1=CCN(Cc2ccccc2)CC1)C(=O)N1CCC[C@H]1C(=O)N1CCc2ccccc2C1. The van der Waals surface area contributed by atoms with E-state index in [1.807, 2.05) is 17.0 Å². The van der Waals surface area contributed by atoms with Crippen molar-refractivity contribution in [3.8, 4) is 0 Å². The van der Waals surface area contributed by atoms with Crippen LogP contribution < -0.4 is 5.73 Å². The van der Waals surface area contributed by atoms with Crippen molar-refractivity contribution < 1.29 is 9.59 Å². The zero-order valence-electron chi connectivity index (χ0n) is 20.4. The van der Waals surface area contributed by atoms with E-state index in [0.29, 0.717) is 26.1 Å². The van der Waals surface area contributed by atoms with Crippen molar-refractivity contribution in [1.29, 1.82) is 0 Å². The highest BCUT2D eigenvalue weighted by Crippen LogP contribution is 2.26. The Morgan fingerprint density at radius 3 is 2.49 bits per heavy atom. The molecule has 1 saturated heterocycles. The number of benzene rings is 2. The molecule has 2 N–H and O–H groups in total. The molecule has 2 atom stereocenters. The van der Waals surface area contributed by atoms with Crippen molar-refractivity contribution in [1.82, 2.24) is 14.7 Å². The molecular formula is C29H36N4O2. The van der Waals surface area contributed by atoms with Crippen LogP contribution in [0, 0.1) is 0 Å². The number of nitrogens with two attached hydrogens (primary N) is 1. The number of rotatable bonds is 6.